The Labute approximate surface area is 194 Å². The molecule has 1 saturated carbocycles. The van der Waals surface area contributed by atoms with Gasteiger partial charge in [-0.05, 0) is 49.3 Å². The summed E-state index contributed by atoms with van der Waals surface area (Å²) in [6, 6.07) is 6.57. The van der Waals surface area contributed by atoms with E-state index >= 15 is 0 Å². The van der Waals surface area contributed by atoms with E-state index in [1.807, 2.05) is 6.92 Å². The van der Waals surface area contributed by atoms with Crippen molar-refractivity contribution in [1.29, 1.82) is 0 Å². The van der Waals surface area contributed by atoms with Gasteiger partial charge in [-0.15, -0.1) is 24.0 Å². The zero-order valence-electron chi connectivity index (χ0n) is 17.7. The molecule has 1 aromatic rings. The number of benzene rings is 1. The third-order valence-corrected chi connectivity index (χ3v) is 5.29. The second kappa shape index (κ2) is 13.2. The van der Waals surface area contributed by atoms with E-state index in [1.54, 1.807) is 31.3 Å². The molecule has 0 bridgehead atoms. The van der Waals surface area contributed by atoms with Crippen LogP contribution in [0.25, 0.3) is 0 Å². The van der Waals surface area contributed by atoms with E-state index in [0.29, 0.717) is 12.5 Å². The fraction of sp³-hybridized carbons (Fsp3) is 0.667. The fourth-order valence-corrected chi connectivity index (χ4v) is 3.62. The van der Waals surface area contributed by atoms with Gasteiger partial charge in [0.1, 0.15) is 5.75 Å². The van der Waals surface area contributed by atoms with Crippen LogP contribution in [0, 0.1) is 5.41 Å². The molecule has 0 radical (unpaired) electrons. The van der Waals surface area contributed by atoms with Crippen molar-refractivity contribution in [1.82, 2.24) is 10.6 Å². The molecule has 0 aliphatic heterocycles. The van der Waals surface area contributed by atoms with Crippen molar-refractivity contribution in [2.45, 2.75) is 51.7 Å². The largest absolute Gasteiger partial charge is 0.484 e. The third kappa shape index (κ3) is 9.72. The highest BCUT2D eigenvalue weighted by molar-refractivity contribution is 14.0. The highest BCUT2D eigenvalue weighted by atomic mass is 127. The lowest BCUT2D eigenvalue weighted by Crippen LogP contribution is -2.43. The molecule has 1 fully saturated rings. The smallest absolute Gasteiger partial charge is 0.422 e. The van der Waals surface area contributed by atoms with Crippen LogP contribution in [0.1, 0.15) is 44.6 Å². The summed E-state index contributed by atoms with van der Waals surface area (Å²) in [5, 5.41) is 6.69. The van der Waals surface area contributed by atoms with Gasteiger partial charge in [0.15, 0.2) is 12.6 Å². The van der Waals surface area contributed by atoms with Crippen LogP contribution in [0.2, 0.25) is 0 Å². The molecule has 172 valence electrons. The van der Waals surface area contributed by atoms with Crippen LogP contribution >= 0.6 is 24.0 Å². The molecule has 2 rings (SSSR count). The molecule has 30 heavy (non-hydrogen) atoms. The molecule has 0 aromatic heterocycles. The minimum absolute atomic E-state index is 0. The number of hydrogen-bond donors (Lipinski definition) is 2. The standard InChI is InChI=1S/C21H32F3N3O2.HI/c1-3-28-13-12-20(10-4-5-11-20)15-27-19(25-2)26-14-17-6-8-18(9-7-17)29-16-21(22,23)24;/h6-9H,3-5,10-16H2,1-2H3,(H2,25,26,27);1H. The van der Waals surface area contributed by atoms with Crippen LogP contribution in [0.15, 0.2) is 29.3 Å². The SMILES string of the molecule is CCOCCC1(CNC(=NC)NCc2ccc(OCC(F)(F)F)cc2)CCCC1.I. The predicted molar refractivity (Wildman–Crippen MR) is 124 cm³/mol. The predicted octanol–water partition coefficient (Wildman–Crippen LogP) is 4.90. The summed E-state index contributed by atoms with van der Waals surface area (Å²) in [6.07, 6.45) is 1.61. The molecule has 1 aromatic carbocycles. The summed E-state index contributed by atoms with van der Waals surface area (Å²) in [6.45, 7) is 3.63. The molecule has 9 heteroatoms. The molecule has 0 atom stereocenters. The first-order chi connectivity index (χ1) is 13.9. The van der Waals surface area contributed by atoms with Crippen LogP contribution in [0.4, 0.5) is 13.2 Å². The van der Waals surface area contributed by atoms with Gasteiger partial charge in [0.05, 0.1) is 0 Å². The maximum absolute atomic E-state index is 12.2. The Morgan fingerprint density at radius 2 is 1.80 bits per heavy atom. The van der Waals surface area contributed by atoms with Crippen LogP contribution in [0.5, 0.6) is 5.75 Å². The molecule has 0 unspecified atom stereocenters. The van der Waals surface area contributed by atoms with Gasteiger partial charge >= 0.3 is 6.18 Å². The minimum Gasteiger partial charge on any atom is -0.484 e. The average Bonchev–Trinajstić information content (AvgIpc) is 3.16. The van der Waals surface area contributed by atoms with E-state index in [1.165, 1.54) is 25.7 Å². The Kier molecular flexibility index (Phi) is 11.8. The second-order valence-electron chi connectivity index (χ2n) is 7.48. The van der Waals surface area contributed by atoms with E-state index in [0.717, 1.165) is 31.7 Å². The lowest BCUT2D eigenvalue weighted by molar-refractivity contribution is -0.153. The summed E-state index contributed by atoms with van der Waals surface area (Å²) in [7, 11) is 1.73. The van der Waals surface area contributed by atoms with Gasteiger partial charge in [0.25, 0.3) is 0 Å². The summed E-state index contributed by atoms with van der Waals surface area (Å²) in [5.41, 5.74) is 1.18. The van der Waals surface area contributed by atoms with Crippen molar-refractivity contribution in [3.63, 3.8) is 0 Å². The Hall–Kier alpha value is -1.23. The number of nitrogens with zero attached hydrogens (tertiary/aromatic N) is 1. The Morgan fingerprint density at radius 1 is 1.13 bits per heavy atom. The monoisotopic (exact) mass is 543 g/mol. The first kappa shape index (κ1) is 26.8. The molecule has 0 heterocycles. The first-order valence-corrected chi connectivity index (χ1v) is 10.2. The van der Waals surface area contributed by atoms with Crippen LogP contribution in [-0.4, -0.2) is 45.5 Å². The van der Waals surface area contributed by atoms with E-state index in [-0.39, 0.29) is 35.1 Å². The van der Waals surface area contributed by atoms with Gasteiger partial charge in [-0.3, -0.25) is 4.99 Å². The number of rotatable bonds is 10. The van der Waals surface area contributed by atoms with Crippen LogP contribution < -0.4 is 15.4 Å². The number of hydrogen-bond acceptors (Lipinski definition) is 3. The number of alkyl halides is 3. The van der Waals surface area contributed by atoms with Gasteiger partial charge in [-0.2, -0.15) is 13.2 Å². The Morgan fingerprint density at radius 3 is 2.37 bits per heavy atom. The zero-order valence-corrected chi connectivity index (χ0v) is 20.0. The summed E-state index contributed by atoms with van der Waals surface area (Å²) >= 11 is 0. The topological polar surface area (TPSA) is 54.9 Å². The summed E-state index contributed by atoms with van der Waals surface area (Å²) in [5.74, 6) is 0.913. The second-order valence-corrected chi connectivity index (χ2v) is 7.48. The van der Waals surface area contributed by atoms with E-state index in [4.69, 9.17) is 9.47 Å². The fourth-order valence-electron chi connectivity index (χ4n) is 3.62. The van der Waals surface area contributed by atoms with E-state index in [2.05, 4.69) is 15.6 Å². The van der Waals surface area contributed by atoms with Gasteiger partial charge in [-0.1, -0.05) is 25.0 Å². The lowest BCUT2D eigenvalue weighted by Gasteiger charge is -2.30. The maximum atomic E-state index is 12.2. The van der Waals surface area contributed by atoms with Crippen LogP contribution in [-0.2, 0) is 11.3 Å². The number of halogens is 4. The number of guanidine groups is 1. The minimum atomic E-state index is -4.34. The Bertz CT molecular complexity index is 633. The van der Waals surface area contributed by atoms with Gasteiger partial charge < -0.3 is 20.1 Å². The van der Waals surface area contributed by atoms with Crippen LogP contribution in [0.3, 0.4) is 0 Å². The Balaban J connectivity index is 0.00000450. The normalized spacial score (nSPS) is 16.1. The van der Waals surface area contributed by atoms with Gasteiger partial charge in [-0.25, -0.2) is 0 Å². The number of ether oxygens (including phenoxy) is 2. The van der Waals surface area contributed by atoms with Crippen molar-refractivity contribution in [2.24, 2.45) is 10.4 Å². The molecule has 0 amide bonds. The number of aliphatic imine (C=N–C) groups is 1. The van der Waals surface area contributed by atoms with E-state index < -0.39 is 12.8 Å². The maximum Gasteiger partial charge on any atom is 0.422 e. The van der Waals surface area contributed by atoms with Crippen molar-refractivity contribution >= 4 is 29.9 Å². The van der Waals surface area contributed by atoms with Crippen molar-refractivity contribution in [3.05, 3.63) is 29.8 Å². The molecule has 0 saturated heterocycles. The molecule has 0 spiro atoms. The van der Waals surface area contributed by atoms with Crippen molar-refractivity contribution < 1.29 is 22.6 Å². The highest BCUT2D eigenvalue weighted by Crippen LogP contribution is 2.40. The van der Waals surface area contributed by atoms with Gasteiger partial charge in [0, 0.05) is 33.4 Å². The summed E-state index contributed by atoms with van der Waals surface area (Å²) in [4.78, 5) is 4.28. The molecule has 2 N–H and O–H groups in total. The molecular formula is C21H33F3IN3O2. The highest BCUT2D eigenvalue weighted by Gasteiger charge is 2.33. The molecular weight excluding hydrogens is 510 g/mol. The number of nitrogens with one attached hydrogen (secondary N) is 2. The zero-order chi connectivity index (χ0) is 21.2. The summed E-state index contributed by atoms with van der Waals surface area (Å²) < 4.78 is 46.9. The van der Waals surface area contributed by atoms with Crippen molar-refractivity contribution in [3.8, 4) is 5.75 Å². The van der Waals surface area contributed by atoms with Crippen molar-refractivity contribution in [2.75, 3.05) is 33.4 Å². The molecule has 5 nitrogen and oxygen atoms in total. The average molecular weight is 543 g/mol. The lowest BCUT2D eigenvalue weighted by atomic mass is 9.83. The quantitative estimate of drug-likeness (QED) is 0.191. The molecule has 1 aliphatic carbocycles. The van der Waals surface area contributed by atoms with Gasteiger partial charge in [0.2, 0.25) is 0 Å². The third-order valence-electron chi connectivity index (χ3n) is 5.29. The molecule has 1 aliphatic rings. The van der Waals surface area contributed by atoms with E-state index in [9.17, 15) is 13.2 Å². The first-order valence-electron chi connectivity index (χ1n) is 10.2.